The molecular formula is C20H17N3O3S. The predicted octanol–water partition coefficient (Wildman–Crippen LogP) is 2.24. The summed E-state index contributed by atoms with van der Waals surface area (Å²) < 4.78 is 6.68. The van der Waals surface area contributed by atoms with Gasteiger partial charge in [0.25, 0.3) is 5.56 Å². The highest BCUT2D eigenvalue weighted by Crippen LogP contribution is 2.22. The maximum absolute atomic E-state index is 13.1. The fourth-order valence-corrected chi connectivity index (χ4v) is 3.34. The van der Waals surface area contributed by atoms with Gasteiger partial charge in [-0.1, -0.05) is 29.8 Å². The Bertz CT molecular complexity index is 1070. The number of methoxy groups -OCH3 is 1. The number of hydrogen-bond donors (Lipinski definition) is 1. The number of rotatable bonds is 6. The van der Waals surface area contributed by atoms with Gasteiger partial charge in [0.15, 0.2) is 5.16 Å². The van der Waals surface area contributed by atoms with Gasteiger partial charge in [0, 0.05) is 0 Å². The molecule has 0 radical (unpaired) electrons. The molecule has 3 aromatic rings. The molecule has 1 heterocycles. The van der Waals surface area contributed by atoms with Gasteiger partial charge in [0.2, 0.25) is 5.91 Å². The minimum absolute atomic E-state index is 0.0998. The van der Waals surface area contributed by atoms with Gasteiger partial charge in [-0.15, -0.1) is 6.42 Å². The molecule has 0 bridgehead atoms. The molecule has 3 rings (SSSR count). The van der Waals surface area contributed by atoms with Crippen molar-refractivity contribution >= 4 is 28.6 Å². The van der Waals surface area contributed by atoms with E-state index in [9.17, 15) is 9.59 Å². The maximum atomic E-state index is 13.1. The molecule has 0 saturated carbocycles. The van der Waals surface area contributed by atoms with E-state index in [4.69, 9.17) is 11.2 Å². The number of carbonyl (C=O) groups excluding carboxylic acids is 1. The lowest BCUT2D eigenvalue weighted by Gasteiger charge is -2.13. The Morgan fingerprint density at radius 2 is 2.00 bits per heavy atom. The maximum Gasteiger partial charge on any atom is 0.266 e. The first kappa shape index (κ1) is 18.5. The Hall–Kier alpha value is -3.24. The minimum Gasteiger partial charge on any atom is -0.497 e. The molecule has 0 fully saturated rings. The lowest BCUT2D eigenvalue weighted by atomic mass is 10.2. The molecule has 0 aliphatic rings. The van der Waals surface area contributed by atoms with Gasteiger partial charge in [-0.05, 0) is 36.4 Å². The molecule has 27 heavy (non-hydrogen) atoms. The number of aromatic nitrogens is 2. The van der Waals surface area contributed by atoms with Gasteiger partial charge in [0.1, 0.15) is 5.75 Å². The summed E-state index contributed by atoms with van der Waals surface area (Å²) in [7, 11) is 1.58. The van der Waals surface area contributed by atoms with Crippen molar-refractivity contribution in [2.24, 2.45) is 0 Å². The minimum atomic E-state index is -0.221. The first-order chi connectivity index (χ1) is 13.1. The Morgan fingerprint density at radius 3 is 2.70 bits per heavy atom. The zero-order valence-electron chi connectivity index (χ0n) is 14.6. The van der Waals surface area contributed by atoms with Crippen molar-refractivity contribution in [2.75, 3.05) is 19.4 Å². The summed E-state index contributed by atoms with van der Waals surface area (Å²) in [6.07, 6.45) is 5.15. The number of nitrogens with one attached hydrogen (secondary N) is 1. The van der Waals surface area contributed by atoms with Crippen LogP contribution in [-0.4, -0.2) is 34.9 Å². The number of nitrogens with zero attached hydrogens (tertiary/aromatic N) is 2. The van der Waals surface area contributed by atoms with Crippen molar-refractivity contribution in [3.63, 3.8) is 0 Å². The molecule has 0 aliphatic carbocycles. The van der Waals surface area contributed by atoms with Crippen LogP contribution in [0.25, 0.3) is 16.6 Å². The van der Waals surface area contributed by atoms with Crippen molar-refractivity contribution in [1.82, 2.24) is 14.9 Å². The average molecular weight is 379 g/mol. The lowest BCUT2D eigenvalue weighted by molar-refractivity contribution is -0.118. The van der Waals surface area contributed by atoms with Gasteiger partial charge >= 0.3 is 0 Å². The van der Waals surface area contributed by atoms with Crippen molar-refractivity contribution in [2.45, 2.75) is 5.16 Å². The number of benzene rings is 2. The number of carbonyl (C=O) groups is 1. The van der Waals surface area contributed by atoms with Gasteiger partial charge < -0.3 is 10.1 Å². The summed E-state index contributed by atoms with van der Waals surface area (Å²) in [4.78, 5) is 29.5. The average Bonchev–Trinajstić information content (AvgIpc) is 2.71. The highest BCUT2D eigenvalue weighted by atomic mass is 32.2. The van der Waals surface area contributed by atoms with Gasteiger partial charge in [-0.25, -0.2) is 4.98 Å². The largest absolute Gasteiger partial charge is 0.497 e. The van der Waals surface area contributed by atoms with Crippen LogP contribution in [-0.2, 0) is 4.79 Å². The van der Waals surface area contributed by atoms with E-state index >= 15 is 0 Å². The zero-order chi connectivity index (χ0) is 19.2. The van der Waals surface area contributed by atoms with E-state index < -0.39 is 0 Å². The molecule has 0 spiro atoms. The molecule has 136 valence electrons. The molecule has 0 atom stereocenters. The topological polar surface area (TPSA) is 73.2 Å². The molecular weight excluding hydrogens is 362 g/mol. The van der Waals surface area contributed by atoms with E-state index in [0.717, 1.165) is 0 Å². The summed E-state index contributed by atoms with van der Waals surface area (Å²) in [6.45, 7) is 0.163. The van der Waals surface area contributed by atoms with Crippen LogP contribution < -0.4 is 15.6 Å². The smallest absolute Gasteiger partial charge is 0.266 e. The van der Waals surface area contributed by atoms with Gasteiger partial charge in [-0.3, -0.25) is 14.2 Å². The first-order valence-corrected chi connectivity index (χ1v) is 9.12. The van der Waals surface area contributed by atoms with Crippen LogP contribution in [0.3, 0.4) is 0 Å². The summed E-state index contributed by atoms with van der Waals surface area (Å²) >= 11 is 1.18. The fourth-order valence-electron chi connectivity index (χ4n) is 2.50. The van der Waals surface area contributed by atoms with Crippen molar-refractivity contribution in [3.8, 4) is 23.8 Å². The molecule has 2 aromatic carbocycles. The van der Waals surface area contributed by atoms with Crippen LogP contribution in [0.15, 0.2) is 58.5 Å². The quantitative estimate of drug-likeness (QED) is 0.404. The number of fused-ring (bicyclic) bond motifs is 1. The number of terminal acetylenes is 1. The third-order valence-electron chi connectivity index (χ3n) is 3.80. The Labute approximate surface area is 160 Å². The summed E-state index contributed by atoms with van der Waals surface area (Å²) in [5.41, 5.74) is 1.03. The molecule has 1 aromatic heterocycles. The number of amides is 1. The molecule has 1 N–H and O–H groups in total. The summed E-state index contributed by atoms with van der Waals surface area (Å²) in [5.74, 6) is 2.92. The zero-order valence-corrected chi connectivity index (χ0v) is 15.5. The highest BCUT2D eigenvalue weighted by molar-refractivity contribution is 7.99. The van der Waals surface area contributed by atoms with Crippen LogP contribution in [0.4, 0.5) is 0 Å². The Morgan fingerprint density at radius 1 is 1.26 bits per heavy atom. The lowest BCUT2D eigenvalue weighted by Crippen LogP contribution is -2.26. The van der Waals surface area contributed by atoms with Crippen LogP contribution in [0.1, 0.15) is 0 Å². The Balaban J connectivity index is 2.05. The standard InChI is InChI=1S/C20H17N3O3S/c1-3-12-21-18(24)13-27-20-22-17-7-5-4-6-16(17)19(25)23(20)14-8-10-15(26-2)11-9-14/h1,4-11H,12-13H2,2H3,(H,21,24). The van der Waals surface area contributed by atoms with Crippen molar-refractivity contribution < 1.29 is 9.53 Å². The first-order valence-electron chi connectivity index (χ1n) is 8.13. The molecule has 1 amide bonds. The van der Waals surface area contributed by atoms with Crippen molar-refractivity contribution in [1.29, 1.82) is 0 Å². The predicted molar refractivity (Wildman–Crippen MR) is 106 cm³/mol. The van der Waals surface area contributed by atoms with E-state index in [1.165, 1.54) is 16.3 Å². The van der Waals surface area contributed by atoms with Gasteiger partial charge in [-0.2, -0.15) is 0 Å². The summed E-state index contributed by atoms with van der Waals surface area (Å²) in [5, 5.41) is 3.54. The van der Waals surface area contributed by atoms with Crippen LogP contribution in [0.5, 0.6) is 5.75 Å². The van der Waals surface area contributed by atoms with E-state index in [-0.39, 0.29) is 23.8 Å². The monoisotopic (exact) mass is 379 g/mol. The second-order valence-electron chi connectivity index (χ2n) is 5.52. The normalized spacial score (nSPS) is 10.4. The van der Waals surface area contributed by atoms with Crippen LogP contribution in [0, 0.1) is 12.3 Å². The summed E-state index contributed by atoms with van der Waals surface area (Å²) in [6, 6.07) is 14.2. The number of para-hydroxylation sites is 1. The molecule has 0 unspecified atom stereocenters. The highest BCUT2D eigenvalue weighted by Gasteiger charge is 2.14. The second-order valence-corrected chi connectivity index (χ2v) is 6.46. The number of hydrogen-bond acceptors (Lipinski definition) is 5. The van der Waals surface area contributed by atoms with Gasteiger partial charge in [0.05, 0.1) is 36.0 Å². The Kier molecular flexibility index (Phi) is 5.79. The van der Waals surface area contributed by atoms with Crippen molar-refractivity contribution in [3.05, 3.63) is 58.9 Å². The molecule has 7 heteroatoms. The van der Waals surface area contributed by atoms with Crippen LogP contribution in [0.2, 0.25) is 0 Å². The van der Waals surface area contributed by atoms with E-state index in [0.29, 0.717) is 27.5 Å². The fraction of sp³-hybridized carbons (Fsp3) is 0.150. The third kappa shape index (κ3) is 4.13. The SMILES string of the molecule is C#CCNC(=O)CSc1nc2ccccc2c(=O)n1-c1ccc(OC)cc1. The van der Waals surface area contributed by atoms with E-state index in [1.54, 1.807) is 49.6 Å². The molecule has 6 nitrogen and oxygen atoms in total. The second kappa shape index (κ2) is 8.43. The number of ether oxygens (including phenoxy) is 1. The third-order valence-corrected chi connectivity index (χ3v) is 4.73. The van der Waals surface area contributed by atoms with E-state index in [2.05, 4.69) is 16.2 Å². The van der Waals surface area contributed by atoms with Crippen LogP contribution >= 0.6 is 11.8 Å². The number of thioether (sulfide) groups is 1. The van der Waals surface area contributed by atoms with E-state index in [1.807, 2.05) is 6.07 Å². The molecule has 0 saturated heterocycles. The molecule has 0 aliphatic heterocycles.